The van der Waals surface area contributed by atoms with E-state index in [1.54, 1.807) is 26.0 Å². The zero-order valence-corrected chi connectivity index (χ0v) is 11.3. The number of aryl methyl sites for hydroxylation is 1. The number of rotatable bonds is 2. The Balaban J connectivity index is 2.71. The number of nitrogen functional groups attached to an aromatic ring is 1. The highest BCUT2D eigenvalue weighted by atomic mass is 35.5. The van der Waals surface area contributed by atoms with Gasteiger partial charge in [0.2, 0.25) is 0 Å². The number of benzene rings is 1. The van der Waals surface area contributed by atoms with Gasteiger partial charge in [0.1, 0.15) is 11.5 Å². The van der Waals surface area contributed by atoms with Crippen LogP contribution in [0.3, 0.4) is 0 Å². The topological polar surface area (TPSA) is 56.0 Å². The third-order valence-electron chi connectivity index (χ3n) is 3.01. The van der Waals surface area contributed by atoms with Gasteiger partial charge in [-0.05, 0) is 31.0 Å². The van der Waals surface area contributed by atoms with Crippen molar-refractivity contribution in [3.05, 3.63) is 45.9 Å². The number of aldehydes is 1. The van der Waals surface area contributed by atoms with E-state index in [0.717, 1.165) is 0 Å². The number of nitrogens with two attached hydrogens (primary N) is 1. The van der Waals surface area contributed by atoms with Gasteiger partial charge in [0.15, 0.2) is 6.29 Å². The van der Waals surface area contributed by atoms with Crippen LogP contribution in [0.4, 0.5) is 10.1 Å². The third-order valence-corrected chi connectivity index (χ3v) is 3.41. The van der Waals surface area contributed by atoms with Gasteiger partial charge >= 0.3 is 0 Å². The molecule has 1 aromatic heterocycles. The fourth-order valence-electron chi connectivity index (χ4n) is 1.78. The van der Waals surface area contributed by atoms with Gasteiger partial charge in [-0.15, -0.1) is 0 Å². The molecule has 0 amide bonds. The number of carbonyl (C=O) groups is 1. The fourth-order valence-corrected chi connectivity index (χ4v) is 2.01. The van der Waals surface area contributed by atoms with E-state index in [1.807, 2.05) is 0 Å². The van der Waals surface area contributed by atoms with E-state index in [4.69, 9.17) is 17.3 Å². The maximum atomic E-state index is 13.6. The van der Waals surface area contributed by atoms with E-state index >= 15 is 0 Å². The quantitative estimate of drug-likeness (QED) is 0.855. The minimum absolute atomic E-state index is 0.0562. The first kappa shape index (κ1) is 13.5. The van der Waals surface area contributed by atoms with Crippen LogP contribution < -0.4 is 5.73 Å². The first-order valence-corrected chi connectivity index (χ1v) is 6.00. The zero-order valence-electron chi connectivity index (χ0n) is 10.5. The molecule has 1 aromatic carbocycles. The molecule has 0 atom stereocenters. The number of carbonyl (C=O) groups excluding carboxylic acids is 1. The van der Waals surface area contributed by atoms with Gasteiger partial charge in [0.25, 0.3) is 0 Å². The van der Waals surface area contributed by atoms with Crippen molar-refractivity contribution in [2.45, 2.75) is 13.8 Å². The van der Waals surface area contributed by atoms with E-state index in [2.05, 4.69) is 4.98 Å². The predicted octanol–water partition coefficient (Wildman–Crippen LogP) is 3.55. The minimum Gasteiger partial charge on any atom is -0.397 e. The molecule has 0 saturated heterocycles. The molecule has 0 saturated carbocycles. The number of hydrogen-bond donors (Lipinski definition) is 1. The van der Waals surface area contributed by atoms with Crippen LogP contribution in [0, 0.1) is 19.7 Å². The first-order valence-electron chi connectivity index (χ1n) is 5.63. The van der Waals surface area contributed by atoms with E-state index in [0.29, 0.717) is 28.7 Å². The monoisotopic (exact) mass is 278 g/mol. The average molecular weight is 279 g/mol. The molecule has 98 valence electrons. The van der Waals surface area contributed by atoms with Gasteiger partial charge in [-0.2, -0.15) is 0 Å². The molecule has 0 aliphatic heterocycles. The summed E-state index contributed by atoms with van der Waals surface area (Å²) in [5, 5.41) is 0.129. The normalized spacial score (nSPS) is 10.5. The molecule has 2 N–H and O–H groups in total. The molecule has 0 aliphatic rings. The van der Waals surface area contributed by atoms with Crippen LogP contribution in [0.2, 0.25) is 5.02 Å². The number of aromatic nitrogens is 1. The van der Waals surface area contributed by atoms with Crippen molar-refractivity contribution in [3.63, 3.8) is 0 Å². The lowest BCUT2D eigenvalue weighted by molar-refractivity contribution is 0.111. The molecule has 19 heavy (non-hydrogen) atoms. The molecule has 3 nitrogen and oxygen atoms in total. The maximum absolute atomic E-state index is 13.6. The molecule has 0 radical (unpaired) electrons. The second kappa shape index (κ2) is 4.97. The van der Waals surface area contributed by atoms with Crippen molar-refractivity contribution < 1.29 is 9.18 Å². The Morgan fingerprint density at radius 1 is 1.37 bits per heavy atom. The van der Waals surface area contributed by atoms with Gasteiger partial charge in [-0.3, -0.25) is 4.79 Å². The first-order chi connectivity index (χ1) is 8.95. The Kier molecular flexibility index (Phi) is 3.53. The number of halogens is 2. The second-order valence-corrected chi connectivity index (χ2v) is 4.66. The molecule has 2 rings (SSSR count). The van der Waals surface area contributed by atoms with Crippen molar-refractivity contribution in [2.24, 2.45) is 0 Å². The summed E-state index contributed by atoms with van der Waals surface area (Å²) >= 11 is 5.92. The Bertz CT molecular complexity index is 671. The molecule has 5 heteroatoms. The summed E-state index contributed by atoms with van der Waals surface area (Å²) in [6, 6.07) is 4.75. The van der Waals surface area contributed by atoms with Crippen LogP contribution in [0.5, 0.6) is 0 Å². The SMILES string of the molecule is Cc1ccc(-c2nc(C=O)c(Cl)c(N)c2C)cc1F. The van der Waals surface area contributed by atoms with E-state index in [-0.39, 0.29) is 22.2 Å². The van der Waals surface area contributed by atoms with Crippen LogP contribution >= 0.6 is 11.6 Å². The molecule has 2 aromatic rings. The molecule has 0 bridgehead atoms. The molecular weight excluding hydrogens is 267 g/mol. The van der Waals surface area contributed by atoms with Gasteiger partial charge in [-0.25, -0.2) is 9.37 Å². The van der Waals surface area contributed by atoms with E-state index in [9.17, 15) is 9.18 Å². The minimum atomic E-state index is -0.333. The van der Waals surface area contributed by atoms with Crippen molar-refractivity contribution in [1.29, 1.82) is 0 Å². The Morgan fingerprint density at radius 2 is 2.05 bits per heavy atom. The number of anilines is 1. The Hall–Kier alpha value is -1.94. The van der Waals surface area contributed by atoms with Crippen LogP contribution in [-0.4, -0.2) is 11.3 Å². The van der Waals surface area contributed by atoms with Crippen molar-refractivity contribution >= 4 is 23.6 Å². The highest BCUT2D eigenvalue weighted by molar-refractivity contribution is 6.35. The van der Waals surface area contributed by atoms with Crippen molar-refractivity contribution in [2.75, 3.05) is 5.73 Å². The molecule has 1 heterocycles. The third kappa shape index (κ3) is 2.31. The molecule has 0 fully saturated rings. The van der Waals surface area contributed by atoms with Gasteiger partial charge in [0.05, 0.1) is 16.4 Å². The summed E-state index contributed by atoms with van der Waals surface area (Å²) in [5.41, 5.74) is 8.37. The highest BCUT2D eigenvalue weighted by Crippen LogP contribution is 2.32. The summed E-state index contributed by atoms with van der Waals surface area (Å²) in [6.07, 6.45) is 0.534. The summed E-state index contributed by atoms with van der Waals surface area (Å²) in [6.45, 7) is 3.41. The average Bonchev–Trinajstić information content (AvgIpc) is 2.40. The molecule has 0 spiro atoms. The lowest BCUT2D eigenvalue weighted by Gasteiger charge is -2.11. The lowest BCUT2D eigenvalue weighted by Crippen LogP contribution is -2.02. The summed E-state index contributed by atoms with van der Waals surface area (Å²) in [5.74, 6) is -0.333. The maximum Gasteiger partial charge on any atom is 0.170 e. The summed E-state index contributed by atoms with van der Waals surface area (Å²) in [4.78, 5) is 15.1. The van der Waals surface area contributed by atoms with Crippen LogP contribution in [0.15, 0.2) is 18.2 Å². The Morgan fingerprint density at radius 3 is 2.63 bits per heavy atom. The largest absolute Gasteiger partial charge is 0.397 e. The standard InChI is InChI=1S/C14H12ClFN2O/c1-7-3-4-9(5-10(7)16)14-8(2)13(17)12(15)11(6-19)18-14/h3-6H,1-2H3,(H2,17,18). The van der Waals surface area contributed by atoms with E-state index < -0.39 is 0 Å². The molecular formula is C14H12ClFN2O. The lowest BCUT2D eigenvalue weighted by atomic mass is 10.0. The summed E-state index contributed by atoms with van der Waals surface area (Å²) in [7, 11) is 0. The van der Waals surface area contributed by atoms with Gasteiger partial charge in [0, 0.05) is 5.56 Å². The number of hydrogen-bond acceptors (Lipinski definition) is 3. The Labute approximate surface area is 115 Å². The fraction of sp³-hybridized carbons (Fsp3) is 0.143. The van der Waals surface area contributed by atoms with Gasteiger partial charge < -0.3 is 5.73 Å². The molecule has 0 aliphatic carbocycles. The van der Waals surface area contributed by atoms with Crippen LogP contribution in [-0.2, 0) is 0 Å². The highest BCUT2D eigenvalue weighted by Gasteiger charge is 2.15. The second-order valence-electron chi connectivity index (χ2n) is 4.28. The summed E-state index contributed by atoms with van der Waals surface area (Å²) < 4.78 is 13.6. The number of pyridine rings is 1. The zero-order chi connectivity index (χ0) is 14.2. The van der Waals surface area contributed by atoms with Gasteiger partial charge in [-0.1, -0.05) is 23.7 Å². The molecule has 0 unspecified atom stereocenters. The predicted molar refractivity (Wildman–Crippen MR) is 73.9 cm³/mol. The van der Waals surface area contributed by atoms with Crippen molar-refractivity contribution in [3.8, 4) is 11.3 Å². The van der Waals surface area contributed by atoms with E-state index in [1.165, 1.54) is 6.07 Å². The number of nitrogens with zero attached hydrogens (tertiary/aromatic N) is 1. The van der Waals surface area contributed by atoms with Crippen LogP contribution in [0.25, 0.3) is 11.3 Å². The van der Waals surface area contributed by atoms with Crippen molar-refractivity contribution in [1.82, 2.24) is 4.98 Å². The van der Waals surface area contributed by atoms with Crippen LogP contribution in [0.1, 0.15) is 21.6 Å². The smallest absolute Gasteiger partial charge is 0.170 e.